The molecule has 0 aliphatic heterocycles. The summed E-state index contributed by atoms with van der Waals surface area (Å²) in [6.45, 7) is 3.60. The van der Waals surface area contributed by atoms with Gasteiger partial charge in [0.25, 0.3) is 0 Å². The Labute approximate surface area is 98.2 Å². The summed E-state index contributed by atoms with van der Waals surface area (Å²) in [4.78, 5) is 1.08. The van der Waals surface area contributed by atoms with E-state index in [9.17, 15) is 9.50 Å². The van der Waals surface area contributed by atoms with Gasteiger partial charge in [-0.3, -0.25) is 0 Å². The first-order valence-corrected chi connectivity index (χ1v) is 5.86. The monoisotopic (exact) mass is 235 g/mol. The van der Waals surface area contributed by atoms with Crippen molar-refractivity contribution in [2.24, 2.45) is 0 Å². The Kier molecular flexibility index (Phi) is 3.36. The second kappa shape index (κ2) is 4.76. The first-order valence-electron chi connectivity index (χ1n) is 4.98. The Morgan fingerprint density at radius 1 is 1.25 bits per heavy atom. The van der Waals surface area contributed by atoms with Crippen molar-refractivity contribution in [3.8, 4) is 0 Å². The molecule has 1 atom stereocenters. The summed E-state index contributed by atoms with van der Waals surface area (Å²) in [6.07, 6.45) is 0.0153. The lowest BCUT2D eigenvalue weighted by atomic mass is 10.1. The maximum Gasteiger partial charge on any atom is 0.123 e. The van der Waals surface area contributed by atoms with Crippen LogP contribution in [0.2, 0.25) is 0 Å². The molecule has 1 nitrogen and oxygen atoms in total. The number of hydrogen-bond acceptors (Lipinski definition) is 2. The van der Waals surface area contributed by atoms with Crippen LogP contribution in [-0.4, -0.2) is 5.11 Å². The Bertz CT molecular complexity index is 459. The number of aliphatic hydroxyl groups excluding tert-OH is 1. The van der Waals surface area contributed by atoms with Gasteiger partial charge in [0.1, 0.15) is 5.82 Å². The molecule has 0 fully saturated rings. The molecule has 0 saturated heterocycles. The van der Waals surface area contributed by atoms with Crippen LogP contribution in [0.5, 0.6) is 0 Å². The average molecular weight is 235 g/mol. The van der Waals surface area contributed by atoms with E-state index in [1.165, 1.54) is 12.1 Å². The van der Waals surface area contributed by atoms with Crippen molar-refractivity contribution in [1.29, 1.82) is 0 Å². The van der Waals surface area contributed by atoms with Crippen molar-refractivity contribution in [1.82, 2.24) is 0 Å². The van der Waals surface area contributed by atoms with E-state index >= 15 is 0 Å². The van der Waals surface area contributed by atoms with E-state index in [1.807, 2.05) is 11.4 Å². The molecule has 16 heavy (non-hydrogen) atoms. The standard InChI is InChI=1S/C13H12FOS/c1-9(15)12-6-7-16-13(12)8-10-2-4-11(14)5-3-10/h2-7,9,15H,1,8H2. The molecule has 1 N–H and O–H groups in total. The van der Waals surface area contributed by atoms with Gasteiger partial charge in [-0.25, -0.2) is 4.39 Å². The van der Waals surface area contributed by atoms with E-state index in [0.717, 1.165) is 16.0 Å². The zero-order chi connectivity index (χ0) is 11.5. The lowest BCUT2D eigenvalue weighted by molar-refractivity contribution is 0.225. The molecule has 0 aliphatic rings. The molecule has 0 spiro atoms. The van der Waals surface area contributed by atoms with Gasteiger partial charge < -0.3 is 5.11 Å². The average Bonchev–Trinajstić information content (AvgIpc) is 2.69. The van der Waals surface area contributed by atoms with Crippen molar-refractivity contribution in [3.63, 3.8) is 0 Å². The highest BCUT2D eigenvalue weighted by molar-refractivity contribution is 7.10. The molecule has 0 amide bonds. The van der Waals surface area contributed by atoms with Crippen LogP contribution >= 0.6 is 11.3 Å². The molecule has 1 aromatic carbocycles. The Hall–Kier alpha value is -1.19. The quantitative estimate of drug-likeness (QED) is 0.865. The number of benzene rings is 1. The van der Waals surface area contributed by atoms with E-state index in [0.29, 0.717) is 6.42 Å². The van der Waals surface area contributed by atoms with Crippen molar-refractivity contribution in [2.75, 3.05) is 0 Å². The summed E-state index contributed by atoms with van der Waals surface area (Å²) >= 11 is 1.58. The van der Waals surface area contributed by atoms with Gasteiger partial charge in [-0.2, -0.15) is 0 Å². The lowest BCUT2D eigenvalue weighted by Crippen LogP contribution is -1.95. The minimum Gasteiger partial charge on any atom is -0.388 e. The summed E-state index contributed by atoms with van der Waals surface area (Å²) in [7, 11) is 0. The molecular formula is C13H12FOS. The van der Waals surface area contributed by atoms with E-state index in [-0.39, 0.29) is 5.82 Å². The fraction of sp³-hybridized carbons (Fsp3) is 0.154. The highest BCUT2D eigenvalue weighted by atomic mass is 32.1. The smallest absolute Gasteiger partial charge is 0.123 e. The predicted octanol–water partition coefficient (Wildman–Crippen LogP) is 3.35. The lowest BCUT2D eigenvalue weighted by Gasteiger charge is -2.06. The van der Waals surface area contributed by atoms with Crippen LogP contribution in [0.1, 0.15) is 22.1 Å². The fourth-order valence-corrected chi connectivity index (χ4v) is 2.55. The molecule has 2 rings (SSSR count). The molecule has 0 saturated carbocycles. The van der Waals surface area contributed by atoms with Gasteiger partial charge in [-0.15, -0.1) is 11.3 Å². The molecule has 2 aromatic rings. The molecule has 1 aromatic heterocycles. The molecule has 1 radical (unpaired) electrons. The second-order valence-corrected chi connectivity index (χ2v) is 4.62. The van der Waals surface area contributed by atoms with Crippen LogP contribution in [-0.2, 0) is 6.42 Å². The summed E-state index contributed by atoms with van der Waals surface area (Å²) in [5.74, 6) is -0.229. The maximum absolute atomic E-state index is 12.7. The van der Waals surface area contributed by atoms with Crippen LogP contribution in [0, 0.1) is 12.7 Å². The van der Waals surface area contributed by atoms with E-state index in [2.05, 4.69) is 6.92 Å². The molecule has 0 bridgehead atoms. The van der Waals surface area contributed by atoms with Crippen LogP contribution in [0.4, 0.5) is 4.39 Å². The third-order valence-electron chi connectivity index (χ3n) is 2.42. The van der Waals surface area contributed by atoms with Crippen molar-refractivity contribution in [2.45, 2.75) is 12.5 Å². The highest BCUT2D eigenvalue weighted by Crippen LogP contribution is 2.25. The van der Waals surface area contributed by atoms with Gasteiger partial charge in [0.15, 0.2) is 0 Å². The summed E-state index contributed by atoms with van der Waals surface area (Å²) < 4.78 is 12.7. The van der Waals surface area contributed by atoms with Gasteiger partial charge in [-0.1, -0.05) is 12.1 Å². The Morgan fingerprint density at radius 2 is 1.94 bits per heavy atom. The number of thiophene rings is 1. The molecule has 1 unspecified atom stereocenters. The normalized spacial score (nSPS) is 12.7. The third kappa shape index (κ3) is 2.49. The third-order valence-corrected chi connectivity index (χ3v) is 3.35. The topological polar surface area (TPSA) is 20.2 Å². The van der Waals surface area contributed by atoms with Gasteiger partial charge in [0, 0.05) is 11.3 Å². The van der Waals surface area contributed by atoms with Crippen molar-refractivity contribution in [3.05, 3.63) is 64.5 Å². The molecular weight excluding hydrogens is 223 g/mol. The van der Waals surface area contributed by atoms with Gasteiger partial charge in [-0.05, 0) is 41.6 Å². The fourth-order valence-electron chi connectivity index (χ4n) is 1.58. The number of aliphatic hydroxyl groups is 1. The van der Waals surface area contributed by atoms with E-state index in [1.54, 1.807) is 23.5 Å². The molecule has 0 aliphatic carbocycles. The van der Waals surface area contributed by atoms with Crippen LogP contribution < -0.4 is 0 Å². The van der Waals surface area contributed by atoms with Gasteiger partial charge in [0.05, 0.1) is 6.10 Å². The van der Waals surface area contributed by atoms with Crippen LogP contribution in [0.3, 0.4) is 0 Å². The minimum absolute atomic E-state index is 0.229. The molecule has 83 valence electrons. The first kappa shape index (κ1) is 11.3. The van der Waals surface area contributed by atoms with E-state index < -0.39 is 6.10 Å². The Morgan fingerprint density at radius 3 is 2.56 bits per heavy atom. The Balaban J connectivity index is 2.20. The number of halogens is 1. The summed E-state index contributed by atoms with van der Waals surface area (Å²) in [6, 6.07) is 8.29. The second-order valence-electron chi connectivity index (χ2n) is 3.62. The zero-order valence-corrected chi connectivity index (χ0v) is 9.51. The number of hydrogen-bond donors (Lipinski definition) is 1. The van der Waals surface area contributed by atoms with Gasteiger partial charge in [0.2, 0.25) is 0 Å². The van der Waals surface area contributed by atoms with Crippen LogP contribution in [0.25, 0.3) is 0 Å². The predicted molar refractivity (Wildman–Crippen MR) is 63.8 cm³/mol. The summed E-state index contributed by atoms with van der Waals surface area (Å²) in [5, 5.41) is 11.4. The zero-order valence-electron chi connectivity index (χ0n) is 8.69. The van der Waals surface area contributed by atoms with Gasteiger partial charge >= 0.3 is 0 Å². The highest BCUT2D eigenvalue weighted by Gasteiger charge is 2.09. The largest absolute Gasteiger partial charge is 0.388 e. The molecule has 3 heteroatoms. The first-order chi connectivity index (χ1) is 7.66. The van der Waals surface area contributed by atoms with Crippen molar-refractivity contribution < 1.29 is 9.50 Å². The number of rotatable bonds is 3. The maximum atomic E-state index is 12.7. The SMILES string of the molecule is [CH2]C(O)c1ccsc1Cc1ccc(F)cc1. The van der Waals surface area contributed by atoms with Crippen molar-refractivity contribution >= 4 is 11.3 Å². The molecule has 1 heterocycles. The summed E-state index contributed by atoms with van der Waals surface area (Å²) in [5.41, 5.74) is 1.89. The van der Waals surface area contributed by atoms with Crippen LogP contribution in [0.15, 0.2) is 35.7 Å². The minimum atomic E-state index is -0.693. The van der Waals surface area contributed by atoms with E-state index in [4.69, 9.17) is 0 Å².